The summed E-state index contributed by atoms with van der Waals surface area (Å²) in [6, 6.07) is 18.6. The van der Waals surface area contributed by atoms with Crippen LogP contribution in [-0.2, 0) is 14.8 Å². The van der Waals surface area contributed by atoms with Gasteiger partial charge in [-0.3, -0.25) is 9.10 Å². The van der Waals surface area contributed by atoms with Gasteiger partial charge in [-0.2, -0.15) is 0 Å². The van der Waals surface area contributed by atoms with Gasteiger partial charge in [0.15, 0.2) is 6.29 Å². The fourth-order valence-corrected chi connectivity index (χ4v) is 6.79. The van der Waals surface area contributed by atoms with E-state index in [1.165, 1.54) is 57.6 Å². The number of hydrogen-bond acceptors (Lipinski definition) is 8. The minimum atomic E-state index is -3.80. The van der Waals surface area contributed by atoms with Crippen LogP contribution < -0.4 is 14.9 Å². The number of carbonyl (C=O) groups excluding carboxylic acids is 1. The van der Waals surface area contributed by atoms with E-state index in [0.29, 0.717) is 50.2 Å². The molecule has 6 aromatic rings. The maximum atomic E-state index is 15.1. The number of anilines is 2. The molecule has 3 aromatic heterocycles. The summed E-state index contributed by atoms with van der Waals surface area (Å²) in [5, 5.41) is 17.1. The average Bonchev–Trinajstić information content (AvgIpc) is 3.67. The van der Waals surface area contributed by atoms with Crippen molar-refractivity contribution < 1.29 is 36.3 Å². The molecule has 3 N–H and O–H groups in total. The number of aliphatic hydroxyl groups excluding tert-OH is 1. The van der Waals surface area contributed by atoms with Crippen molar-refractivity contribution in [3.8, 4) is 34.0 Å². The number of aromatic nitrogens is 2. The molecule has 3 aromatic carbocycles. The van der Waals surface area contributed by atoms with E-state index in [0.717, 1.165) is 10.6 Å². The molecule has 7 rings (SSSR count). The zero-order valence-electron chi connectivity index (χ0n) is 26.8. The molecule has 1 aliphatic rings. The SMILES string of the molecule is CNC(=O)c1c(-c2ccc(F)cc2)oc2cc(N(C)S(C)(=O)=O)c(-c3ccc4c(n3)-c3cc5c(F)cccc5n3C(CC(O)OC)N4)cc12. The van der Waals surface area contributed by atoms with Crippen LogP contribution in [0.1, 0.15) is 22.9 Å². The fourth-order valence-electron chi connectivity index (χ4n) is 6.28. The van der Waals surface area contributed by atoms with Gasteiger partial charge >= 0.3 is 0 Å². The van der Waals surface area contributed by atoms with Crippen LogP contribution >= 0.6 is 0 Å². The highest BCUT2D eigenvalue weighted by Crippen LogP contribution is 2.45. The van der Waals surface area contributed by atoms with Gasteiger partial charge in [-0.25, -0.2) is 22.2 Å². The summed E-state index contributed by atoms with van der Waals surface area (Å²) in [7, 11) is 0.468. The number of hydrogen-bond donors (Lipinski definition) is 3. The van der Waals surface area contributed by atoms with Crippen molar-refractivity contribution in [3.05, 3.63) is 90.0 Å². The van der Waals surface area contributed by atoms with Crippen LogP contribution in [-0.4, -0.2) is 62.7 Å². The molecule has 1 aliphatic heterocycles. The molecule has 0 aliphatic carbocycles. The highest BCUT2D eigenvalue weighted by Gasteiger charge is 2.31. The molecular formula is C35H31F2N5O6S. The second-order valence-corrected chi connectivity index (χ2v) is 13.8. The van der Waals surface area contributed by atoms with Gasteiger partial charge in [-0.15, -0.1) is 0 Å². The number of carbonyl (C=O) groups is 1. The monoisotopic (exact) mass is 687 g/mol. The topological polar surface area (TPSA) is 139 Å². The normalized spacial score (nSPS) is 14.7. The predicted molar refractivity (Wildman–Crippen MR) is 183 cm³/mol. The quantitative estimate of drug-likeness (QED) is 0.163. The molecule has 49 heavy (non-hydrogen) atoms. The van der Waals surface area contributed by atoms with E-state index in [1.54, 1.807) is 36.4 Å². The highest BCUT2D eigenvalue weighted by molar-refractivity contribution is 7.92. The molecule has 11 nitrogen and oxygen atoms in total. The molecular weight excluding hydrogens is 656 g/mol. The Hall–Kier alpha value is -5.31. The third-order valence-electron chi connectivity index (χ3n) is 8.78. The first-order valence-electron chi connectivity index (χ1n) is 15.2. The van der Waals surface area contributed by atoms with Gasteiger partial charge < -0.3 is 29.5 Å². The van der Waals surface area contributed by atoms with Crippen molar-refractivity contribution in [2.24, 2.45) is 0 Å². The molecule has 0 spiro atoms. The molecule has 0 fully saturated rings. The third kappa shape index (κ3) is 5.47. The molecule has 14 heteroatoms. The third-order valence-corrected chi connectivity index (χ3v) is 9.97. The van der Waals surface area contributed by atoms with Crippen molar-refractivity contribution >= 4 is 49.2 Å². The number of halogens is 2. The Morgan fingerprint density at radius 3 is 2.57 bits per heavy atom. The Balaban J connectivity index is 1.48. The number of pyridine rings is 1. The summed E-state index contributed by atoms with van der Waals surface area (Å²) >= 11 is 0. The smallest absolute Gasteiger partial charge is 0.255 e. The summed E-state index contributed by atoms with van der Waals surface area (Å²) in [6.45, 7) is 0. The number of fused-ring (bicyclic) bond motifs is 6. The predicted octanol–water partition coefficient (Wildman–Crippen LogP) is 6.10. The molecule has 0 saturated carbocycles. The first kappa shape index (κ1) is 32.2. The number of ether oxygens (including phenoxy) is 1. The zero-order chi connectivity index (χ0) is 34.8. The molecule has 2 atom stereocenters. The van der Waals surface area contributed by atoms with E-state index in [2.05, 4.69) is 10.6 Å². The summed E-state index contributed by atoms with van der Waals surface area (Å²) in [6.07, 6.45) is -0.410. The Labute approximate surface area is 279 Å². The minimum Gasteiger partial charge on any atom is -0.455 e. The molecule has 0 radical (unpaired) electrons. The standard InChI is InChI=1S/C35H31F2N5O6S/c1-38-35(44)32-22-14-21(27(41(2)49(4,45)46)16-29(22)48-34(32)18-8-10-19(36)11-9-18)24-12-13-25-33(40-24)28-15-20-23(37)6-5-7-26(20)42(28)30(39-25)17-31(43)47-3/h5-16,30-31,39,43H,17H2,1-4H3,(H,38,44). The molecule has 4 heterocycles. The van der Waals surface area contributed by atoms with Crippen LogP contribution in [0, 0.1) is 11.6 Å². The Bertz CT molecular complexity index is 2390. The van der Waals surface area contributed by atoms with E-state index in [-0.39, 0.29) is 29.0 Å². The second kappa shape index (κ2) is 12.0. The number of aliphatic hydroxyl groups is 1. The zero-order valence-corrected chi connectivity index (χ0v) is 27.6. The van der Waals surface area contributed by atoms with Crippen molar-refractivity contribution in [3.63, 3.8) is 0 Å². The van der Waals surface area contributed by atoms with Crippen LogP contribution in [0.2, 0.25) is 0 Å². The molecule has 1 amide bonds. The second-order valence-electron chi connectivity index (χ2n) is 11.7. The number of amides is 1. The Morgan fingerprint density at radius 1 is 1.12 bits per heavy atom. The first-order valence-corrected chi connectivity index (χ1v) is 17.1. The van der Waals surface area contributed by atoms with Crippen LogP contribution in [0.15, 0.2) is 77.2 Å². The van der Waals surface area contributed by atoms with E-state index in [4.69, 9.17) is 14.1 Å². The number of rotatable bonds is 8. The number of sulfonamides is 1. The van der Waals surface area contributed by atoms with Crippen molar-refractivity contribution in [1.29, 1.82) is 0 Å². The fraction of sp³-hybridized carbons (Fsp3) is 0.200. The lowest BCUT2D eigenvalue weighted by atomic mass is 10.00. The molecule has 252 valence electrons. The minimum absolute atomic E-state index is 0.143. The molecule has 0 bridgehead atoms. The van der Waals surface area contributed by atoms with Gasteiger partial charge in [0, 0.05) is 55.6 Å². The lowest BCUT2D eigenvalue weighted by Gasteiger charge is -2.31. The molecule has 0 saturated heterocycles. The Kier molecular flexibility index (Phi) is 7.89. The van der Waals surface area contributed by atoms with Crippen LogP contribution in [0.25, 0.3) is 55.8 Å². The highest BCUT2D eigenvalue weighted by atomic mass is 32.2. The van der Waals surface area contributed by atoms with Crippen molar-refractivity contribution in [2.45, 2.75) is 18.9 Å². The van der Waals surface area contributed by atoms with Gasteiger partial charge in [0.2, 0.25) is 10.0 Å². The number of benzene rings is 3. The summed E-state index contributed by atoms with van der Waals surface area (Å²) in [5.74, 6) is -1.18. The van der Waals surface area contributed by atoms with Crippen LogP contribution in [0.3, 0.4) is 0 Å². The van der Waals surface area contributed by atoms with Crippen LogP contribution in [0.5, 0.6) is 0 Å². The maximum absolute atomic E-state index is 15.1. The maximum Gasteiger partial charge on any atom is 0.255 e. The average molecular weight is 688 g/mol. The first-order chi connectivity index (χ1) is 23.4. The van der Waals surface area contributed by atoms with E-state index >= 15 is 4.39 Å². The number of furan rings is 1. The summed E-state index contributed by atoms with van der Waals surface area (Å²) in [5.41, 5.74) is 3.98. The number of methoxy groups -OCH3 is 1. The number of nitrogens with zero attached hydrogens (tertiary/aromatic N) is 3. The lowest BCUT2D eigenvalue weighted by molar-refractivity contribution is -0.0840. The van der Waals surface area contributed by atoms with Gasteiger partial charge in [0.1, 0.15) is 34.8 Å². The van der Waals surface area contributed by atoms with E-state index in [1.807, 2.05) is 4.57 Å². The summed E-state index contributed by atoms with van der Waals surface area (Å²) in [4.78, 5) is 18.3. The van der Waals surface area contributed by atoms with Gasteiger partial charge in [-0.05, 0) is 60.7 Å². The van der Waals surface area contributed by atoms with Gasteiger partial charge in [0.05, 0.1) is 40.1 Å². The number of nitrogens with one attached hydrogen (secondary N) is 2. The van der Waals surface area contributed by atoms with E-state index in [9.17, 15) is 22.7 Å². The summed E-state index contributed by atoms with van der Waals surface area (Å²) < 4.78 is 68.9. The van der Waals surface area contributed by atoms with Crippen molar-refractivity contribution in [1.82, 2.24) is 14.9 Å². The lowest BCUT2D eigenvalue weighted by Crippen LogP contribution is -2.28. The van der Waals surface area contributed by atoms with Gasteiger partial charge in [0.25, 0.3) is 5.91 Å². The van der Waals surface area contributed by atoms with Gasteiger partial charge in [-0.1, -0.05) is 6.07 Å². The molecule has 2 unspecified atom stereocenters. The van der Waals surface area contributed by atoms with E-state index < -0.39 is 40.0 Å². The van der Waals surface area contributed by atoms with Crippen molar-refractivity contribution in [2.75, 3.05) is 37.1 Å². The largest absolute Gasteiger partial charge is 0.455 e. The Morgan fingerprint density at radius 2 is 1.88 bits per heavy atom. The van der Waals surface area contributed by atoms with Crippen LogP contribution in [0.4, 0.5) is 20.2 Å².